The Bertz CT molecular complexity index is 670. The predicted molar refractivity (Wildman–Crippen MR) is 108 cm³/mol. The van der Waals surface area contributed by atoms with Crippen LogP contribution in [0.25, 0.3) is 0 Å². The maximum atomic E-state index is 12.8. The summed E-state index contributed by atoms with van der Waals surface area (Å²) in [7, 11) is 0. The number of rotatable bonds is 11. The van der Waals surface area contributed by atoms with Gasteiger partial charge in [0, 0.05) is 13.0 Å². The third-order valence-electron chi connectivity index (χ3n) is 5.42. The van der Waals surface area contributed by atoms with Gasteiger partial charge in [-0.05, 0) is 32.1 Å². The summed E-state index contributed by atoms with van der Waals surface area (Å²) in [5.74, 6) is -3.52. The Morgan fingerprint density at radius 2 is 1.80 bits per heavy atom. The van der Waals surface area contributed by atoms with E-state index in [9.17, 15) is 29.1 Å². The molecule has 5 atom stereocenters. The van der Waals surface area contributed by atoms with E-state index in [2.05, 4.69) is 10.6 Å². The van der Waals surface area contributed by atoms with Crippen LogP contribution in [-0.4, -0.2) is 70.3 Å². The van der Waals surface area contributed by atoms with E-state index < -0.39 is 53.8 Å². The lowest BCUT2D eigenvalue weighted by Crippen LogP contribution is -2.56. The maximum absolute atomic E-state index is 12.8. The van der Waals surface area contributed by atoms with Crippen molar-refractivity contribution >= 4 is 29.6 Å². The van der Waals surface area contributed by atoms with Crippen LogP contribution in [0.5, 0.6) is 0 Å². The van der Waals surface area contributed by atoms with Crippen LogP contribution in [0, 0.1) is 5.92 Å². The Morgan fingerprint density at radius 3 is 2.33 bits per heavy atom. The van der Waals surface area contributed by atoms with E-state index in [0.717, 1.165) is 0 Å². The molecule has 1 aliphatic rings. The molecule has 0 saturated carbocycles. The second-order valence-corrected chi connectivity index (χ2v) is 7.74. The number of nitrogens with two attached hydrogens (primary N) is 2. The summed E-state index contributed by atoms with van der Waals surface area (Å²) in [6, 6.07) is -3.76. The zero-order valence-corrected chi connectivity index (χ0v) is 17.7. The zero-order valence-electron chi connectivity index (χ0n) is 17.7. The normalized spacial score (nSPS) is 20.0. The number of hydrogen-bond donors (Lipinski definition) is 5. The van der Waals surface area contributed by atoms with Gasteiger partial charge >= 0.3 is 5.97 Å². The number of primary amides is 1. The summed E-state index contributed by atoms with van der Waals surface area (Å²) in [6.45, 7) is 5.58. The molecule has 170 valence electrons. The lowest BCUT2D eigenvalue weighted by Gasteiger charge is -2.29. The highest BCUT2D eigenvalue weighted by molar-refractivity contribution is 5.94. The first-order valence-electron chi connectivity index (χ1n) is 10.2. The van der Waals surface area contributed by atoms with E-state index in [1.807, 2.05) is 13.8 Å². The van der Waals surface area contributed by atoms with Gasteiger partial charge in [-0.15, -0.1) is 0 Å². The van der Waals surface area contributed by atoms with Gasteiger partial charge in [0.25, 0.3) is 0 Å². The van der Waals surface area contributed by atoms with Crippen LogP contribution < -0.4 is 22.1 Å². The minimum absolute atomic E-state index is 0.0500. The molecule has 1 saturated heterocycles. The molecule has 4 amide bonds. The largest absolute Gasteiger partial charge is 0.480 e. The Kier molecular flexibility index (Phi) is 9.70. The van der Waals surface area contributed by atoms with E-state index in [-0.39, 0.29) is 18.8 Å². The molecule has 11 heteroatoms. The van der Waals surface area contributed by atoms with Crippen LogP contribution in [0.15, 0.2) is 0 Å². The standard InChI is InChI=1S/C19H33N5O6/c1-4-10(2)15(21)17(27)22-11(3)18(28)24-9-5-6-13(24)16(26)23-12(19(29)30)7-8-14(20)25/h10-13,15H,4-9,21H2,1-3H3,(H2,20,25)(H,22,27)(H,23,26)(H,29,30). The average Bonchev–Trinajstić information content (AvgIpc) is 3.18. The molecular formula is C19H33N5O6. The molecule has 1 rings (SSSR count). The first kappa shape index (κ1) is 25.3. The molecule has 1 aliphatic heterocycles. The fraction of sp³-hybridized carbons (Fsp3) is 0.737. The third-order valence-corrected chi connectivity index (χ3v) is 5.42. The van der Waals surface area contributed by atoms with Gasteiger partial charge in [0.05, 0.1) is 6.04 Å². The highest BCUT2D eigenvalue weighted by Gasteiger charge is 2.38. The Hall–Kier alpha value is -2.69. The zero-order chi connectivity index (χ0) is 23.0. The number of amides is 4. The fourth-order valence-corrected chi connectivity index (χ4v) is 3.25. The highest BCUT2D eigenvalue weighted by atomic mass is 16.4. The summed E-state index contributed by atoms with van der Waals surface area (Å²) in [4.78, 5) is 61.2. The van der Waals surface area contributed by atoms with Gasteiger partial charge in [-0.25, -0.2) is 4.79 Å². The van der Waals surface area contributed by atoms with Crippen molar-refractivity contribution in [2.75, 3.05) is 6.54 Å². The summed E-state index contributed by atoms with van der Waals surface area (Å²) in [5.41, 5.74) is 10.9. The topological polar surface area (TPSA) is 185 Å². The number of aliphatic carboxylic acids is 1. The van der Waals surface area contributed by atoms with Gasteiger partial charge < -0.3 is 32.1 Å². The highest BCUT2D eigenvalue weighted by Crippen LogP contribution is 2.19. The van der Waals surface area contributed by atoms with Crippen molar-refractivity contribution in [3.8, 4) is 0 Å². The molecule has 7 N–H and O–H groups in total. The van der Waals surface area contributed by atoms with Gasteiger partial charge in [0.1, 0.15) is 18.1 Å². The summed E-state index contributed by atoms with van der Waals surface area (Å²) in [6.07, 6.45) is 1.32. The molecule has 0 spiro atoms. The molecule has 0 aliphatic carbocycles. The summed E-state index contributed by atoms with van der Waals surface area (Å²) >= 11 is 0. The number of carboxylic acid groups (broad SMARTS) is 1. The van der Waals surface area contributed by atoms with E-state index in [1.165, 1.54) is 11.8 Å². The smallest absolute Gasteiger partial charge is 0.326 e. The van der Waals surface area contributed by atoms with Crippen molar-refractivity contribution in [3.63, 3.8) is 0 Å². The molecule has 0 aromatic carbocycles. The minimum atomic E-state index is -1.29. The summed E-state index contributed by atoms with van der Waals surface area (Å²) < 4.78 is 0. The second-order valence-electron chi connectivity index (χ2n) is 7.74. The molecule has 0 bridgehead atoms. The lowest BCUT2D eigenvalue weighted by atomic mass is 9.99. The number of hydrogen-bond acceptors (Lipinski definition) is 6. The molecule has 0 aromatic rings. The van der Waals surface area contributed by atoms with Crippen molar-refractivity contribution < 1.29 is 29.1 Å². The molecule has 0 aromatic heterocycles. The third kappa shape index (κ3) is 6.97. The van der Waals surface area contributed by atoms with Crippen molar-refractivity contribution in [1.82, 2.24) is 15.5 Å². The van der Waals surface area contributed by atoms with Gasteiger partial charge in [0.15, 0.2) is 0 Å². The molecular weight excluding hydrogens is 394 g/mol. The van der Waals surface area contributed by atoms with Crippen molar-refractivity contribution in [3.05, 3.63) is 0 Å². The second kappa shape index (κ2) is 11.5. The van der Waals surface area contributed by atoms with Crippen molar-refractivity contribution in [1.29, 1.82) is 0 Å². The Morgan fingerprint density at radius 1 is 1.17 bits per heavy atom. The lowest BCUT2D eigenvalue weighted by molar-refractivity contribution is -0.145. The van der Waals surface area contributed by atoms with Crippen LogP contribution in [0.1, 0.15) is 52.9 Å². The van der Waals surface area contributed by atoms with Gasteiger partial charge in [-0.1, -0.05) is 20.3 Å². The number of carbonyl (C=O) groups excluding carboxylic acids is 4. The number of likely N-dealkylation sites (tertiary alicyclic amines) is 1. The number of nitrogens with one attached hydrogen (secondary N) is 2. The first-order chi connectivity index (χ1) is 14.0. The van der Waals surface area contributed by atoms with E-state index in [0.29, 0.717) is 25.8 Å². The fourth-order valence-electron chi connectivity index (χ4n) is 3.25. The minimum Gasteiger partial charge on any atom is -0.480 e. The Balaban J connectivity index is 2.76. The average molecular weight is 428 g/mol. The Labute approximate surface area is 175 Å². The quantitative estimate of drug-likeness (QED) is 0.271. The van der Waals surface area contributed by atoms with Crippen LogP contribution in [0.2, 0.25) is 0 Å². The van der Waals surface area contributed by atoms with Crippen molar-refractivity contribution in [2.24, 2.45) is 17.4 Å². The van der Waals surface area contributed by atoms with Gasteiger partial charge in [-0.2, -0.15) is 0 Å². The molecule has 11 nitrogen and oxygen atoms in total. The monoisotopic (exact) mass is 427 g/mol. The molecule has 1 heterocycles. The molecule has 0 radical (unpaired) electrons. The van der Waals surface area contributed by atoms with Crippen molar-refractivity contribution in [2.45, 2.75) is 77.0 Å². The van der Waals surface area contributed by atoms with Crippen LogP contribution >= 0.6 is 0 Å². The van der Waals surface area contributed by atoms with Crippen LogP contribution in [0.3, 0.4) is 0 Å². The summed E-state index contributed by atoms with van der Waals surface area (Å²) in [5, 5.41) is 14.2. The van der Waals surface area contributed by atoms with E-state index in [4.69, 9.17) is 11.5 Å². The van der Waals surface area contributed by atoms with E-state index in [1.54, 1.807) is 0 Å². The maximum Gasteiger partial charge on any atom is 0.326 e. The van der Waals surface area contributed by atoms with Crippen LogP contribution in [-0.2, 0) is 24.0 Å². The molecule has 1 fully saturated rings. The predicted octanol–water partition coefficient (Wildman–Crippen LogP) is -1.31. The molecule has 30 heavy (non-hydrogen) atoms. The molecule has 5 unspecified atom stereocenters. The first-order valence-corrected chi connectivity index (χ1v) is 10.2. The number of carbonyl (C=O) groups is 5. The van der Waals surface area contributed by atoms with Gasteiger partial charge in [-0.3, -0.25) is 19.2 Å². The number of nitrogens with zero attached hydrogens (tertiary/aromatic N) is 1. The number of carboxylic acids is 1. The SMILES string of the molecule is CCC(C)C(N)C(=O)NC(C)C(=O)N1CCCC1C(=O)NC(CCC(N)=O)C(=O)O. The van der Waals surface area contributed by atoms with Gasteiger partial charge in [0.2, 0.25) is 23.6 Å². The van der Waals surface area contributed by atoms with Crippen LogP contribution in [0.4, 0.5) is 0 Å². The van der Waals surface area contributed by atoms with E-state index >= 15 is 0 Å².